The molecule has 2 fully saturated rings. The fourth-order valence-corrected chi connectivity index (χ4v) is 4.40. The van der Waals surface area contributed by atoms with Crippen molar-refractivity contribution in [2.75, 3.05) is 50.7 Å². The second-order valence-electron chi connectivity index (χ2n) is 7.81. The summed E-state index contributed by atoms with van der Waals surface area (Å²) in [5.41, 5.74) is 7.43. The molecule has 2 aromatic rings. The van der Waals surface area contributed by atoms with E-state index in [-0.39, 0.29) is 17.7 Å². The Balaban J connectivity index is 1.32. The van der Waals surface area contributed by atoms with Crippen molar-refractivity contribution in [3.8, 4) is 0 Å². The number of piperidine rings is 1. The maximum atomic E-state index is 12.6. The van der Waals surface area contributed by atoms with Crippen LogP contribution in [0.25, 0.3) is 10.9 Å². The van der Waals surface area contributed by atoms with Crippen LogP contribution in [0.3, 0.4) is 0 Å². The van der Waals surface area contributed by atoms with E-state index in [1.165, 1.54) is 0 Å². The van der Waals surface area contributed by atoms with Crippen LogP contribution in [-0.4, -0.2) is 72.4 Å². The molecule has 0 spiro atoms. The lowest BCUT2D eigenvalue weighted by molar-refractivity contribution is -0.136. The van der Waals surface area contributed by atoms with Gasteiger partial charge >= 0.3 is 0 Å². The number of rotatable bonds is 4. The number of hydrogen-bond donors (Lipinski definition) is 1. The number of anilines is 1. The van der Waals surface area contributed by atoms with Gasteiger partial charge in [-0.3, -0.25) is 19.5 Å². The molecule has 2 amide bonds. The fourth-order valence-electron chi connectivity index (χ4n) is 4.23. The molecule has 7 nitrogen and oxygen atoms in total. The van der Waals surface area contributed by atoms with E-state index in [1.807, 2.05) is 35.4 Å². The van der Waals surface area contributed by atoms with Gasteiger partial charge in [-0.05, 0) is 37.1 Å². The van der Waals surface area contributed by atoms with Gasteiger partial charge in [0.05, 0.1) is 12.1 Å². The van der Waals surface area contributed by atoms with Crippen molar-refractivity contribution in [3.63, 3.8) is 0 Å². The molecule has 0 bridgehead atoms. The molecule has 29 heavy (non-hydrogen) atoms. The highest BCUT2D eigenvalue weighted by Gasteiger charge is 2.27. The Morgan fingerprint density at radius 2 is 1.79 bits per heavy atom. The van der Waals surface area contributed by atoms with Crippen LogP contribution in [0.2, 0.25) is 5.02 Å². The number of piperazine rings is 1. The molecule has 0 aliphatic carbocycles. The first-order valence-corrected chi connectivity index (χ1v) is 10.5. The number of benzene rings is 1. The largest absolute Gasteiger partial charge is 0.369 e. The third-order valence-corrected chi connectivity index (χ3v) is 6.24. The number of carbonyl (C=O) groups excluding carboxylic acids is 2. The second kappa shape index (κ2) is 8.55. The SMILES string of the molecule is NC(=O)C1CCN(C(=O)CN2CCN(c3ccnc4cc(Cl)ccc34)CC2)CC1. The summed E-state index contributed by atoms with van der Waals surface area (Å²) in [6, 6.07) is 7.84. The van der Waals surface area contributed by atoms with Crippen LogP contribution in [0.15, 0.2) is 30.5 Å². The Morgan fingerprint density at radius 1 is 1.07 bits per heavy atom. The Hall–Kier alpha value is -2.38. The molecule has 8 heteroatoms. The first-order valence-electron chi connectivity index (χ1n) is 10.1. The molecule has 1 aromatic heterocycles. The lowest BCUT2D eigenvalue weighted by atomic mass is 9.96. The lowest BCUT2D eigenvalue weighted by Crippen LogP contribution is -2.51. The van der Waals surface area contributed by atoms with Crippen LogP contribution in [0, 0.1) is 5.92 Å². The van der Waals surface area contributed by atoms with Crippen LogP contribution in [0.1, 0.15) is 12.8 Å². The predicted molar refractivity (Wildman–Crippen MR) is 114 cm³/mol. The van der Waals surface area contributed by atoms with Gasteiger partial charge < -0.3 is 15.5 Å². The number of nitrogens with zero attached hydrogens (tertiary/aromatic N) is 4. The molecule has 0 radical (unpaired) electrons. The standard InChI is InChI=1S/C21H26ClN5O2/c22-16-1-2-17-18(13-16)24-6-3-19(17)26-11-9-25(10-12-26)14-20(28)27-7-4-15(5-8-27)21(23)29/h1-3,6,13,15H,4-5,7-12,14H2,(H2,23,29). The lowest BCUT2D eigenvalue weighted by Gasteiger charge is -2.38. The number of nitrogens with two attached hydrogens (primary N) is 1. The first kappa shape index (κ1) is 19.9. The van der Waals surface area contributed by atoms with E-state index in [2.05, 4.69) is 14.8 Å². The minimum Gasteiger partial charge on any atom is -0.369 e. The zero-order chi connectivity index (χ0) is 20.4. The van der Waals surface area contributed by atoms with Crippen LogP contribution >= 0.6 is 11.6 Å². The number of aromatic nitrogens is 1. The van der Waals surface area contributed by atoms with Crippen molar-refractivity contribution in [2.24, 2.45) is 11.7 Å². The molecule has 2 aliphatic rings. The van der Waals surface area contributed by atoms with Crippen molar-refractivity contribution in [2.45, 2.75) is 12.8 Å². The minimum atomic E-state index is -0.251. The molecule has 2 saturated heterocycles. The number of likely N-dealkylation sites (tertiary alicyclic amines) is 1. The van der Waals surface area contributed by atoms with E-state index in [0.29, 0.717) is 37.5 Å². The second-order valence-corrected chi connectivity index (χ2v) is 8.25. The topological polar surface area (TPSA) is 82.8 Å². The average molecular weight is 416 g/mol. The maximum Gasteiger partial charge on any atom is 0.236 e. The third kappa shape index (κ3) is 4.46. The molecule has 3 heterocycles. The molecule has 2 aliphatic heterocycles. The number of hydrogen-bond acceptors (Lipinski definition) is 5. The molecule has 154 valence electrons. The molecule has 2 N–H and O–H groups in total. The van der Waals surface area contributed by atoms with Crippen LogP contribution < -0.4 is 10.6 Å². The zero-order valence-corrected chi connectivity index (χ0v) is 17.1. The Kier molecular flexibility index (Phi) is 5.87. The first-order chi connectivity index (χ1) is 14.0. The number of carbonyl (C=O) groups is 2. The number of amides is 2. The van der Waals surface area contributed by atoms with Crippen molar-refractivity contribution >= 4 is 40.0 Å². The van der Waals surface area contributed by atoms with Gasteiger partial charge in [-0.1, -0.05) is 11.6 Å². The van der Waals surface area contributed by atoms with E-state index in [0.717, 1.165) is 42.8 Å². The summed E-state index contributed by atoms with van der Waals surface area (Å²) in [5.74, 6) is -0.197. The highest BCUT2D eigenvalue weighted by atomic mass is 35.5. The van der Waals surface area contributed by atoms with Crippen LogP contribution in [0.4, 0.5) is 5.69 Å². The van der Waals surface area contributed by atoms with Gasteiger partial charge in [0, 0.05) is 67.5 Å². The summed E-state index contributed by atoms with van der Waals surface area (Å²) in [6.07, 6.45) is 3.17. The summed E-state index contributed by atoms with van der Waals surface area (Å²) >= 11 is 6.09. The summed E-state index contributed by atoms with van der Waals surface area (Å²) in [5, 5.41) is 1.78. The zero-order valence-electron chi connectivity index (χ0n) is 16.4. The van der Waals surface area contributed by atoms with Crippen molar-refractivity contribution in [1.29, 1.82) is 0 Å². The molecular weight excluding hydrogens is 390 g/mol. The van der Waals surface area contributed by atoms with Crippen molar-refractivity contribution in [3.05, 3.63) is 35.5 Å². The van der Waals surface area contributed by atoms with E-state index < -0.39 is 0 Å². The van der Waals surface area contributed by atoms with E-state index in [1.54, 1.807) is 0 Å². The quantitative estimate of drug-likeness (QED) is 0.822. The van der Waals surface area contributed by atoms with Gasteiger partial charge in [0.1, 0.15) is 0 Å². The maximum absolute atomic E-state index is 12.6. The van der Waals surface area contributed by atoms with Crippen LogP contribution in [0.5, 0.6) is 0 Å². The number of halogens is 1. The van der Waals surface area contributed by atoms with Gasteiger partial charge in [0.2, 0.25) is 11.8 Å². The molecule has 4 rings (SSSR count). The van der Waals surface area contributed by atoms with Gasteiger partial charge in [0.15, 0.2) is 0 Å². The third-order valence-electron chi connectivity index (χ3n) is 6.00. The normalized spacial score (nSPS) is 18.9. The van der Waals surface area contributed by atoms with E-state index in [4.69, 9.17) is 17.3 Å². The summed E-state index contributed by atoms with van der Waals surface area (Å²) in [7, 11) is 0. The van der Waals surface area contributed by atoms with E-state index >= 15 is 0 Å². The van der Waals surface area contributed by atoms with E-state index in [9.17, 15) is 9.59 Å². The van der Waals surface area contributed by atoms with Gasteiger partial charge in [0.25, 0.3) is 0 Å². The predicted octanol–water partition coefficient (Wildman–Crippen LogP) is 1.73. The molecule has 1 aromatic carbocycles. The Morgan fingerprint density at radius 3 is 2.48 bits per heavy atom. The fraction of sp³-hybridized carbons (Fsp3) is 0.476. The van der Waals surface area contributed by atoms with Gasteiger partial charge in [-0.15, -0.1) is 0 Å². The summed E-state index contributed by atoms with van der Waals surface area (Å²) < 4.78 is 0. The monoisotopic (exact) mass is 415 g/mol. The minimum absolute atomic E-state index is 0.0901. The number of primary amides is 1. The summed E-state index contributed by atoms with van der Waals surface area (Å²) in [4.78, 5) is 34.8. The van der Waals surface area contributed by atoms with Gasteiger partial charge in [-0.2, -0.15) is 0 Å². The molecule has 0 saturated carbocycles. The molecule has 0 atom stereocenters. The summed E-state index contributed by atoms with van der Waals surface area (Å²) in [6.45, 7) is 5.07. The molecule has 0 unspecified atom stereocenters. The average Bonchev–Trinajstić information content (AvgIpc) is 2.73. The molecular formula is C21H26ClN5O2. The Labute approximate surface area is 175 Å². The smallest absolute Gasteiger partial charge is 0.236 e. The number of fused-ring (bicyclic) bond motifs is 1. The number of pyridine rings is 1. The highest BCUT2D eigenvalue weighted by molar-refractivity contribution is 6.31. The van der Waals surface area contributed by atoms with Crippen LogP contribution in [-0.2, 0) is 9.59 Å². The Bertz CT molecular complexity index is 905. The van der Waals surface area contributed by atoms with Gasteiger partial charge in [-0.25, -0.2) is 0 Å². The highest BCUT2D eigenvalue weighted by Crippen LogP contribution is 2.28. The van der Waals surface area contributed by atoms with Crippen molar-refractivity contribution < 1.29 is 9.59 Å². The van der Waals surface area contributed by atoms with Crippen molar-refractivity contribution in [1.82, 2.24) is 14.8 Å².